The third kappa shape index (κ3) is 3.05. The van der Waals surface area contributed by atoms with Gasteiger partial charge in [-0.3, -0.25) is 4.79 Å². The fourth-order valence-corrected chi connectivity index (χ4v) is 4.27. The monoisotopic (exact) mass is 410 g/mol. The smallest absolute Gasteiger partial charge is 0.255 e. The van der Waals surface area contributed by atoms with Crippen molar-refractivity contribution in [3.8, 4) is 6.07 Å². The maximum Gasteiger partial charge on any atom is 0.255 e. The van der Waals surface area contributed by atoms with E-state index in [9.17, 15) is 13.6 Å². The largest absolute Gasteiger partial charge is 0.383 e. The number of nitrogens with zero attached hydrogens (tertiary/aromatic N) is 5. The van der Waals surface area contributed by atoms with E-state index in [1.165, 1.54) is 12.3 Å². The number of anilines is 1. The van der Waals surface area contributed by atoms with Gasteiger partial charge in [0.1, 0.15) is 34.9 Å². The number of carbonyl (C=O) groups excluding carboxylic acids is 1. The Balaban J connectivity index is 1.60. The molecule has 1 saturated heterocycles. The summed E-state index contributed by atoms with van der Waals surface area (Å²) in [5.41, 5.74) is 5.97. The molecule has 154 valence electrons. The molecule has 0 radical (unpaired) electrons. The van der Waals surface area contributed by atoms with Gasteiger partial charge in [-0.15, -0.1) is 0 Å². The lowest BCUT2D eigenvalue weighted by Crippen LogP contribution is -2.58. The Bertz CT molecular complexity index is 1070. The molecule has 9 heteroatoms. The number of aromatic nitrogens is 1. The van der Waals surface area contributed by atoms with Crippen LogP contribution in [0.4, 0.5) is 14.5 Å². The highest BCUT2D eigenvalue weighted by Crippen LogP contribution is 2.41. The first-order chi connectivity index (χ1) is 14.4. The second-order valence-corrected chi connectivity index (χ2v) is 7.31. The van der Waals surface area contributed by atoms with E-state index in [4.69, 9.17) is 11.0 Å². The Morgan fingerprint density at radius 2 is 1.93 bits per heavy atom. The van der Waals surface area contributed by atoms with Gasteiger partial charge in [0, 0.05) is 38.7 Å². The van der Waals surface area contributed by atoms with E-state index in [2.05, 4.69) is 9.98 Å². The number of amidine groups is 1. The minimum absolute atomic E-state index is 0.00959. The third-order valence-corrected chi connectivity index (χ3v) is 5.73. The van der Waals surface area contributed by atoms with E-state index < -0.39 is 17.3 Å². The molecule has 2 aliphatic heterocycles. The number of hydrogen-bond acceptors (Lipinski definition) is 6. The molecular formula is C21H20F2N6O. The predicted octanol–water partition coefficient (Wildman–Crippen LogP) is 2.41. The minimum atomic E-state index is -0.833. The molecule has 2 N–H and O–H groups in total. The van der Waals surface area contributed by atoms with Crippen LogP contribution < -0.4 is 10.6 Å². The molecule has 0 unspecified atom stereocenters. The molecule has 1 aromatic carbocycles. The van der Waals surface area contributed by atoms with Crippen molar-refractivity contribution in [1.29, 1.82) is 5.26 Å². The minimum Gasteiger partial charge on any atom is -0.383 e. The zero-order valence-electron chi connectivity index (χ0n) is 16.4. The zero-order valence-corrected chi connectivity index (χ0v) is 16.4. The quantitative estimate of drug-likeness (QED) is 0.820. The van der Waals surface area contributed by atoms with Gasteiger partial charge >= 0.3 is 0 Å². The summed E-state index contributed by atoms with van der Waals surface area (Å²) in [5, 5.41) is 8.85. The molecule has 1 aromatic heterocycles. The van der Waals surface area contributed by atoms with Gasteiger partial charge in [-0.2, -0.15) is 5.26 Å². The second kappa shape index (κ2) is 7.37. The average molecular weight is 410 g/mol. The van der Waals surface area contributed by atoms with Gasteiger partial charge < -0.3 is 15.5 Å². The molecule has 0 bridgehead atoms. The number of piperidine rings is 1. The van der Waals surface area contributed by atoms with Crippen molar-refractivity contribution in [2.75, 3.05) is 24.5 Å². The molecule has 30 heavy (non-hydrogen) atoms. The fraction of sp³-hybridized carbons (Fsp3) is 0.333. The predicted molar refractivity (Wildman–Crippen MR) is 107 cm³/mol. The van der Waals surface area contributed by atoms with Crippen molar-refractivity contribution in [3.05, 3.63) is 58.9 Å². The van der Waals surface area contributed by atoms with Gasteiger partial charge in [0.05, 0.1) is 16.8 Å². The van der Waals surface area contributed by atoms with Crippen LogP contribution in [0.1, 0.15) is 41.4 Å². The highest BCUT2D eigenvalue weighted by molar-refractivity contribution is 6.05. The fourth-order valence-electron chi connectivity index (χ4n) is 4.27. The Kier molecular flexibility index (Phi) is 4.86. The number of rotatable bonds is 2. The average Bonchev–Trinajstić information content (AvgIpc) is 2.76. The molecule has 4 rings (SSSR count). The first kappa shape index (κ1) is 19.8. The summed E-state index contributed by atoms with van der Waals surface area (Å²) in [6, 6.07) is 7.13. The Morgan fingerprint density at radius 1 is 1.23 bits per heavy atom. The summed E-state index contributed by atoms with van der Waals surface area (Å²) < 4.78 is 29.0. The number of fused-ring (bicyclic) bond motifs is 1. The van der Waals surface area contributed by atoms with Gasteiger partial charge in [0.15, 0.2) is 0 Å². The van der Waals surface area contributed by atoms with Crippen molar-refractivity contribution in [3.63, 3.8) is 0 Å². The van der Waals surface area contributed by atoms with Crippen molar-refractivity contribution < 1.29 is 13.6 Å². The van der Waals surface area contributed by atoms with Crippen LogP contribution >= 0.6 is 0 Å². The summed E-state index contributed by atoms with van der Waals surface area (Å²) in [7, 11) is 0. The highest BCUT2D eigenvalue weighted by atomic mass is 19.1. The Labute approximate surface area is 172 Å². The maximum atomic E-state index is 14.7. The van der Waals surface area contributed by atoms with Crippen LogP contribution in [-0.2, 0) is 0 Å². The van der Waals surface area contributed by atoms with Gasteiger partial charge in [0.25, 0.3) is 5.91 Å². The molecule has 1 fully saturated rings. The third-order valence-electron chi connectivity index (χ3n) is 5.73. The number of amides is 1. The van der Waals surface area contributed by atoms with Gasteiger partial charge in [-0.25, -0.2) is 18.8 Å². The van der Waals surface area contributed by atoms with Crippen LogP contribution in [0, 0.1) is 23.0 Å². The van der Waals surface area contributed by atoms with Crippen LogP contribution in [0.15, 0.2) is 35.5 Å². The molecule has 0 atom stereocenters. The number of halogens is 2. The summed E-state index contributed by atoms with van der Waals surface area (Å²) in [6.07, 6.45) is 2.23. The summed E-state index contributed by atoms with van der Waals surface area (Å²) in [4.78, 5) is 24.8. The maximum absolute atomic E-state index is 14.7. The zero-order chi connectivity index (χ0) is 21.5. The molecule has 1 amide bonds. The SMILES string of the molecule is CCN1c2c(F)ccc(F)c2C(N)=NC12CCN(C(=O)c1ccc(C#N)nc1)CC2. The standard InChI is InChI=1S/C21H20F2N6O/c1-2-29-18-16(23)6-5-15(22)17(18)19(25)27-21(29)7-9-28(10-8-21)20(30)13-3-4-14(11-24)26-12-13/h3-6,12H,2,7-10H2,1H3,(H2,25,27). The van der Waals surface area contributed by atoms with Crippen LogP contribution in [0.5, 0.6) is 0 Å². The first-order valence-corrected chi connectivity index (χ1v) is 9.67. The topological polar surface area (TPSA) is 98.6 Å². The van der Waals surface area contributed by atoms with Crippen molar-refractivity contribution >= 4 is 17.4 Å². The lowest BCUT2D eigenvalue weighted by molar-refractivity contribution is 0.0668. The number of benzene rings is 1. The molecular weight excluding hydrogens is 390 g/mol. The van der Waals surface area contributed by atoms with Crippen molar-refractivity contribution in [1.82, 2.24) is 9.88 Å². The number of nitrogens with two attached hydrogens (primary N) is 1. The van der Waals surface area contributed by atoms with E-state index in [1.807, 2.05) is 13.0 Å². The van der Waals surface area contributed by atoms with Crippen molar-refractivity contribution in [2.45, 2.75) is 25.4 Å². The lowest BCUT2D eigenvalue weighted by atomic mass is 9.90. The number of pyridine rings is 1. The number of likely N-dealkylation sites (tertiary alicyclic amines) is 1. The number of carbonyl (C=O) groups is 1. The highest BCUT2D eigenvalue weighted by Gasteiger charge is 2.45. The van der Waals surface area contributed by atoms with Crippen LogP contribution in [0.2, 0.25) is 0 Å². The number of aliphatic imine (C=N–C) groups is 1. The van der Waals surface area contributed by atoms with Crippen molar-refractivity contribution in [2.24, 2.45) is 10.7 Å². The Hall–Kier alpha value is -3.54. The van der Waals surface area contributed by atoms with E-state index in [0.717, 1.165) is 12.1 Å². The molecule has 1 spiro atoms. The van der Waals surface area contributed by atoms with Gasteiger partial charge in [-0.05, 0) is 31.2 Å². The van der Waals surface area contributed by atoms with E-state index in [0.29, 0.717) is 38.0 Å². The second-order valence-electron chi connectivity index (χ2n) is 7.31. The van der Waals surface area contributed by atoms with Crippen LogP contribution in [0.25, 0.3) is 0 Å². The van der Waals surface area contributed by atoms with Crippen LogP contribution in [0.3, 0.4) is 0 Å². The Morgan fingerprint density at radius 3 is 2.53 bits per heavy atom. The van der Waals surface area contributed by atoms with Gasteiger partial charge in [-0.1, -0.05) is 0 Å². The van der Waals surface area contributed by atoms with Crippen LogP contribution in [-0.4, -0.2) is 46.9 Å². The molecule has 3 heterocycles. The van der Waals surface area contributed by atoms with E-state index >= 15 is 0 Å². The molecule has 2 aromatic rings. The summed E-state index contributed by atoms with van der Waals surface area (Å²) in [6.45, 7) is 3.02. The summed E-state index contributed by atoms with van der Waals surface area (Å²) >= 11 is 0. The number of nitriles is 1. The summed E-state index contributed by atoms with van der Waals surface area (Å²) in [5.74, 6) is -1.38. The van der Waals surface area contributed by atoms with Gasteiger partial charge in [0.2, 0.25) is 0 Å². The number of hydrogen-bond donors (Lipinski definition) is 1. The molecule has 0 saturated carbocycles. The molecule has 0 aliphatic carbocycles. The first-order valence-electron chi connectivity index (χ1n) is 9.67. The lowest BCUT2D eigenvalue weighted by Gasteiger charge is -2.49. The van der Waals surface area contributed by atoms with E-state index in [-0.39, 0.29) is 28.7 Å². The molecule has 7 nitrogen and oxygen atoms in total. The normalized spacial score (nSPS) is 17.3. The molecule has 2 aliphatic rings. The van der Waals surface area contributed by atoms with E-state index in [1.54, 1.807) is 15.9 Å².